The molecule has 1 fully saturated rings. The van der Waals surface area contributed by atoms with Crippen molar-refractivity contribution in [1.82, 2.24) is 24.9 Å². The van der Waals surface area contributed by atoms with E-state index in [-0.39, 0.29) is 18.4 Å². The number of nitrogens with zero attached hydrogens (tertiary/aromatic N) is 6. The molecule has 0 saturated carbocycles. The number of rotatable bonds is 8. The maximum atomic E-state index is 10.9. The molecule has 1 saturated heterocycles. The van der Waals surface area contributed by atoms with Gasteiger partial charge in [0, 0.05) is 23.4 Å². The molecular weight excluding hydrogens is 470 g/mol. The molecule has 2 aromatic heterocycles. The van der Waals surface area contributed by atoms with Crippen molar-refractivity contribution in [2.24, 2.45) is 11.6 Å². The van der Waals surface area contributed by atoms with Crippen LogP contribution in [-0.2, 0) is 11.3 Å². The zero-order valence-corrected chi connectivity index (χ0v) is 20.3. The van der Waals surface area contributed by atoms with E-state index in [4.69, 9.17) is 27.4 Å². The van der Waals surface area contributed by atoms with Crippen LogP contribution in [0.25, 0.3) is 17.0 Å². The first-order valence-electron chi connectivity index (χ1n) is 11.8. The number of carbonyl (C=O) groups is 1. The second-order valence-corrected chi connectivity index (χ2v) is 8.94. The van der Waals surface area contributed by atoms with Crippen molar-refractivity contribution in [3.63, 3.8) is 0 Å². The predicted octanol–water partition coefficient (Wildman–Crippen LogP) is 1.89. The fourth-order valence-corrected chi connectivity index (χ4v) is 4.38. The number of pyridine rings is 1. The summed E-state index contributed by atoms with van der Waals surface area (Å²) in [6.07, 6.45) is 3.28. The smallest absolute Gasteiger partial charge is 0.317 e. The van der Waals surface area contributed by atoms with Gasteiger partial charge in [0.1, 0.15) is 0 Å². The van der Waals surface area contributed by atoms with Crippen molar-refractivity contribution in [2.45, 2.75) is 25.3 Å². The fourth-order valence-electron chi connectivity index (χ4n) is 4.38. The van der Waals surface area contributed by atoms with Crippen molar-refractivity contribution >= 4 is 17.6 Å². The Bertz CT molecular complexity index is 1340. The molecule has 11 heteroatoms. The van der Waals surface area contributed by atoms with Crippen LogP contribution in [0.15, 0.2) is 54.7 Å². The minimum atomic E-state index is -0.803. The maximum Gasteiger partial charge on any atom is 0.317 e. The Kier molecular flexibility index (Phi) is 7.92. The number of nitrogen functional groups attached to an aromatic ring is 1. The van der Waals surface area contributed by atoms with E-state index in [1.807, 2.05) is 29.2 Å². The van der Waals surface area contributed by atoms with E-state index >= 15 is 0 Å². The lowest BCUT2D eigenvalue weighted by Crippen LogP contribution is -2.36. The van der Waals surface area contributed by atoms with E-state index in [1.54, 1.807) is 30.5 Å². The lowest BCUT2D eigenvalue weighted by atomic mass is 9.93. The Hall–Kier alpha value is -4.53. The van der Waals surface area contributed by atoms with Crippen LogP contribution in [0.2, 0.25) is 0 Å². The first kappa shape index (κ1) is 25.6. The molecule has 190 valence electrons. The van der Waals surface area contributed by atoms with E-state index in [1.165, 1.54) is 5.01 Å². The number of carboxylic acids is 1. The van der Waals surface area contributed by atoms with Gasteiger partial charge in [0.2, 0.25) is 5.95 Å². The summed E-state index contributed by atoms with van der Waals surface area (Å²) in [5.74, 6) is 5.75. The van der Waals surface area contributed by atoms with Gasteiger partial charge in [-0.3, -0.25) is 14.7 Å². The van der Waals surface area contributed by atoms with Gasteiger partial charge < -0.3 is 21.6 Å². The number of benzene rings is 1. The minimum absolute atomic E-state index is 0.0542. The predicted molar refractivity (Wildman–Crippen MR) is 139 cm³/mol. The SMILES string of the molecule is N#Cc1cccc(-c2cc(/C(N)=C/N(N)Cc3cccc(C4CCN(CC(=O)O)CC4)n3)nc(N)n2)c1. The van der Waals surface area contributed by atoms with E-state index < -0.39 is 5.97 Å². The average molecular weight is 500 g/mol. The molecule has 0 atom stereocenters. The molecule has 1 aliphatic heterocycles. The Labute approximate surface area is 214 Å². The quantitative estimate of drug-likeness (QED) is 0.262. The summed E-state index contributed by atoms with van der Waals surface area (Å²) in [4.78, 5) is 26.2. The summed E-state index contributed by atoms with van der Waals surface area (Å²) >= 11 is 0. The van der Waals surface area contributed by atoms with Gasteiger partial charge in [-0.2, -0.15) is 5.26 Å². The molecule has 0 radical (unpaired) electrons. The van der Waals surface area contributed by atoms with Gasteiger partial charge in [0.15, 0.2) is 0 Å². The van der Waals surface area contributed by atoms with E-state index in [0.29, 0.717) is 29.2 Å². The summed E-state index contributed by atoms with van der Waals surface area (Å²) in [6.45, 7) is 1.86. The molecule has 4 rings (SSSR count). The molecule has 7 N–H and O–H groups in total. The number of anilines is 1. The summed E-state index contributed by atoms with van der Waals surface area (Å²) in [7, 11) is 0. The maximum absolute atomic E-state index is 10.9. The molecular formula is C26H29N9O2. The van der Waals surface area contributed by atoms with Crippen molar-refractivity contribution in [3.05, 3.63) is 77.4 Å². The van der Waals surface area contributed by atoms with Gasteiger partial charge in [-0.05, 0) is 56.3 Å². The number of nitrogens with two attached hydrogens (primary N) is 3. The molecule has 0 aliphatic carbocycles. The van der Waals surface area contributed by atoms with Crippen LogP contribution < -0.4 is 17.3 Å². The Morgan fingerprint density at radius 1 is 1.16 bits per heavy atom. The zero-order valence-electron chi connectivity index (χ0n) is 20.3. The third-order valence-electron chi connectivity index (χ3n) is 6.17. The molecule has 1 aromatic carbocycles. The second kappa shape index (κ2) is 11.5. The van der Waals surface area contributed by atoms with Crippen LogP contribution in [0.4, 0.5) is 5.95 Å². The fraction of sp³-hybridized carbons (Fsp3) is 0.269. The van der Waals surface area contributed by atoms with Gasteiger partial charge in [-0.1, -0.05) is 18.2 Å². The minimum Gasteiger partial charge on any atom is -0.480 e. The van der Waals surface area contributed by atoms with Crippen LogP contribution in [0.5, 0.6) is 0 Å². The average Bonchev–Trinajstić information content (AvgIpc) is 2.88. The van der Waals surface area contributed by atoms with Crippen molar-refractivity contribution in [1.29, 1.82) is 5.26 Å². The number of aliphatic carboxylic acids is 1. The molecule has 0 spiro atoms. The molecule has 0 bridgehead atoms. The highest BCUT2D eigenvalue weighted by Gasteiger charge is 2.23. The lowest BCUT2D eigenvalue weighted by Gasteiger charge is -2.30. The van der Waals surface area contributed by atoms with Crippen LogP contribution in [0, 0.1) is 11.3 Å². The molecule has 37 heavy (non-hydrogen) atoms. The molecule has 1 aliphatic rings. The molecule has 11 nitrogen and oxygen atoms in total. The van der Waals surface area contributed by atoms with Crippen LogP contribution in [0.1, 0.15) is 41.4 Å². The normalized spacial score (nSPS) is 14.8. The molecule has 0 unspecified atom stereocenters. The van der Waals surface area contributed by atoms with Crippen molar-refractivity contribution in [2.75, 3.05) is 25.4 Å². The third kappa shape index (κ3) is 6.78. The van der Waals surface area contributed by atoms with Crippen LogP contribution in [-0.4, -0.2) is 55.6 Å². The monoisotopic (exact) mass is 499 g/mol. The second-order valence-electron chi connectivity index (χ2n) is 8.94. The largest absolute Gasteiger partial charge is 0.480 e. The van der Waals surface area contributed by atoms with E-state index in [2.05, 4.69) is 16.0 Å². The molecule has 3 aromatic rings. The van der Waals surface area contributed by atoms with Gasteiger partial charge in [-0.15, -0.1) is 0 Å². The van der Waals surface area contributed by atoms with Crippen molar-refractivity contribution in [3.8, 4) is 17.3 Å². The van der Waals surface area contributed by atoms with Gasteiger partial charge in [-0.25, -0.2) is 15.8 Å². The van der Waals surface area contributed by atoms with Crippen molar-refractivity contribution < 1.29 is 9.90 Å². The van der Waals surface area contributed by atoms with Gasteiger partial charge in [0.05, 0.1) is 47.5 Å². The standard InChI is InChI=1S/C26H29N9O2/c27-13-17-3-1-4-19(11-17)23-12-24(33-26(29)32-23)21(28)15-35(30)14-20-5-2-6-22(31-20)18-7-9-34(10-8-18)16-25(36)37/h1-6,11-12,15,18H,7-10,14,16,28,30H2,(H,36,37)(H2,29,32,33)/b21-15-. The number of hydrogen-bond acceptors (Lipinski definition) is 10. The molecule has 0 amide bonds. The number of hydrogen-bond donors (Lipinski definition) is 4. The van der Waals surface area contributed by atoms with E-state index in [9.17, 15) is 10.1 Å². The number of hydrazine groups is 1. The highest BCUT2D eigenvalue weighted by Crippen LogP contribution is 2.27. The van der Waals surface area contributed by atoms with Crippen LogP contribution in [0.3, 0.4) is 0 Å². The van der Waals surface area contributed by atoms with Gasteiger partial charge >= 0.3 is 5.97 Å². The highest BCUT2D eigenvalue weighted by molar-refractivity contribution is 5.69. The number of piperidine rings is 1. The van der Waals surface area contributed by atoms with E-state index in [0.717, 1.165) is 42.9 Å². The number of carboxylic acid groups (broad SMARTS) is 1. The summed E-state index contributed by atoms with van der Waals surface area (Å²) in [5.41, 5.74) is 16.5. The van der Waals surface area contributed by atoms with Crippen LogP contribution >= 0.6 is 0 Å². The Morgan fingerprint density at radius 3 is 2.65 bits per heavy atom. The number of aromatic nitrogens is 3. The Morgan fingerprint density at radius 2 is 1.92 bits per heavy atom. The third-order valence-corrected chi connectivity index (χ3v) is 6.17. The highest BCUT2D eigenvalue weighted by atomic mass is 16.4. The Balaban J connectivity index is 1.44. The first-order chi connectivity index (χ1) is 17.8. The van der Waals surface area contributed by atoms with Gasteiger partial charge in [0.25, 0.3) is 0 Å². The summed E-state index contributed by atoms with van der Waals surface area (Å²) < 4.78 is 0. The first-order valence-corrected chi connectivity index (χ1v) is 11.8. The molecule has 3 heterocycles. The summed E-state index contributed by atoms with van der Waals surface area (Å²) in [6, 6.07) is 16.7. The summed E-state index contributed by atoms with van der Waals surface area (Å²) in [5, 5.41) is 19.6. The lowest BCUT2D eigenvalue weighted by molar-refractivity contribution is -0.138. The number of likely N-dealkylation sites (tertiary alicyclic amines) is 1. The zero-order chi connectivity index (χ0) is 26.4. The number of nitriles is 1. The topological polar surface area (TPSA) is 184 Å².